The minimum atomic E-state index is -4.80. The van der Waals surface area contributed by atoms with Crippen LogP contribution in [0.2, 0.25) is 5.02 Å². The first-order valence-corrected chi connectivity index (χ1v) is 14.7. The van der Waals surface area contributed by atoms with Crippen LogP contribution in [0.5, 0.6) is 5.75 Å². The number of anilines is 1. The van der Waals surface area contributed by atoms with E-state index in [0.29, 0.717) is 43.4 Å². The van der Waals surface area contributed by atoms with E-state index in [2.05, 4.69) is 29.4 Å². The summed E-state index contributed by atoms with van der Waals surface area (Å²) >= 11 is 6.40. The number of fused-ring (bicyclic) bond motifs is 3. The highest BCUT2D eigenvalue weighted by Gasteiger charge is 3.03. The lowest BCUT2D eigenvalue weighted by Crippen LogP contribution is -2.62. The Hall–Kier alpha value is -3.06. The summed E-state index contributed by atoms with van der Waals surface area (Å²) in [5, 5.41) is 9.71. The molecule has 2 aliphatic heterocycles. The second kappa shape index (κ2) is 7.77. The molecular formula is C29H25ClF6N6O. The van der Waals surface area contributed by atoms with Gasteiger partial charge in [-0.05, 0) is 68.0 Å². The molecule has 3 aromatic rings. The van der Waals surface area contributed by atoms with Crippen LogP contribution in [0, 0.1) is 16.2 Å². The molecule has 14 heteroatoms. The Balaban J connectivity index is 0.962. The largest absolute Gasteiger partial charge is 0.573 e. The number of aromatic nitrogens is 4. The van der Waals surface area contributed by atoms with E-state index < -0.39 is 28.9 Å². The van der Waals surface area contributed by atoms with Gasteiger partial charge in [0.05, 0.1) is 17.6 Å². The zero-order chi connectivity index (χ0) is 29.8. The van der Waals surface area contributed by atoms with E-state index in [9.17, 15) is 26.3 Å². The highest BCUT2D eigenvalue weighted by Crippen LogP contribution is 3.00. The average Bonchev–Trinajstić information content (AvgIpc) is 3.56. The minimum Gasteiger partial charge on any atom is -0.402 e. The van der Waals surface area contributed by atoms with Crippen LogP contribution in [-0.4, -0.2) is 55.8 Å². The maximum atomic E-state index is 13.9. The molecule has 1 aromatic carbocycles. The molecule has 3 unspecified atom stereocenters. The molecule has 0 N–H and O–H groups in total. The van der Waals surface area contributed by atoms with Crippen LogP contribution in [0.4, 0.5) is 32.2 Å². The molecule has 4 heterocycles. The van der Waals surface area contributed by atoms with Gasteiger partial charge >= 0.3 is 12.5 Å². The number of benzene rings is 1. The molecule has 7 nitrogen and oxygen atoms in total. The fourth-order valence-electron chi connectivity index (χ4n) is 9.38. The maximum absolute atomic E-state index is 13.9. The third-order valence-corrected chi connectivity index (χ3v) is 11.5. The summed E-state index contributed by atoms with van der Waals surface area (Å²) in [6, 6.07) is 8.30. The number of pyridine rings is 1. The predicted octanol–water partition coefficient (Wildman–Crippen LogP) is 6.40. The Bertz CT molecular complexity index is 1690. The monoisotopic (exact) mass is 622 g/mol. The van der Waals surface area contributed by atoms with Gasteiger partial charge in [0.1, 0.15) is 5.82 Å². The van der Waals surface area contributed by atoms with Gasteiger partial charge in [0.25, 0.3) is 0 Å². The predicted molar refractivity (Wildman–Crippen MR) is 141 cm³/mol. The van der Waals surface area contributed by atoms with Crippen molar-refractivity contribution in [2.45, 2.75) is 69.2 Å². The summed E-state index contributed by atoms with van der Waals surface area (Å²) in [7, 11) is 0. The molecule has 4 saturated carbocycles. The molecule has 1 saturated heterocycles. The quantitative estimate of drug-likeness (QED) is 0.314. The van der Waals surface area contributed by atoms with Crippen LogP contribution < -0.4 is 9.64 Å². The number of ether oxygens (including phenoxy) is 1. The summed E-state index contributed by atoms with van der Waals surface area (Å²) in [6.07, 6.45) is -5.04. The van der Waals surface area contributed by atoms with E-state index in [1.165, 1.54) is 18.3 Å². The molecule has 43 heavy (non-hydrogen) atoms. The zero-order valence-electron chi connectivity index (χ0n) is 22.6. The van der Waals surface area contributed by atoms with Crippen molar-refractivity contribution in [2.75, 3.05) is 18.0 Å². The fraction of sp³-hybridized carbons (Fsp3) is 0.552. The molecule has 2 aromatic heterocycles. The van der Waals surface area contributed by atoms with Crippen LogP contribution in [0.1, 0.15) is 55.2 Å². The lowest BCUT2D eigenvalue weighted by Gasteiger charge is -2.59. The van der Waals surface area contributed by atoms with E-state index in [4.69, 9.17) is 11.6 Å². The van der Waals surface area contributed by atoms with E-state index >= 15 is 0 Å². The molecule has 226 valence electrons. The van der Waals surface area contributed by atoms with Crippen LogP contribution in [0.15, 0.2) is 36.5 Å². The van der Waals surface area contributed by atoms with Crippen molar-refractivity contribution in [3.05, 3.63) is 58.8 Å². The molecule has 0 radical (unpaired) electrons. The van der Waals surface area contributed by atoms with Crippen LogP contribution in [-0.2, 0) is 13.1 Å². The molecule has 2 spiro atoms. The second-order valence-electron chi connectivity index (χ2n) is 13.5. The lowest BCUT2D eigenvalue weighted by molar-refractivity contribution is -0.274. The Labute approximate surface area is 246 Å². The smallest absolute Gasteiger partial charge is 0.402 e. The summed E-state index contributed by atoms with van der Waals surface area (Å²) < 4.78 is 86.5. The number of nitrogens with zero attached hydrogens (tertiary/aromatic N) is 6. The van der Waals surface area contributed by atoms with Crippen LogP contribution in [0.3, 0.4) is 0 Å². The number of hydrogen-bond acceptors (Lipinski definition) is 6. The van der Waals surface area contributed by atoms with E-state index in [1.54, 1.807) is 11.0 Å². The summed E-state index contributed by atoms with van der Waals surface area (Å²) in [6.45, 7) is 2.01. The van der Waals surface area contributed by atoms with Crippen molar-refractivity contribution < 1.29 is 31.1 Å². The molecular weight excluding hydrogens is 598 g/mol. The van der Waals surface area contributed by atoms with E-state index in [1.807, 2.05) is 12.1 Å². The second-order valence-corrected chi connectivity index (χ2v) is 13.9. The number of halogens is 7. The third kappa shape index (κ3) is 3.35. The van der Waals surface area contributed by atoms with Crippen LogP contribution in [0.25, 0.3) is 5.69 Å². The summed E-state index contributed by atoms with van der Waals surface area (Å²) in [4.78, 5) is 8.12. The fourth-order valence-corrected chi connectivity index (χ4v) is 9.57. The number of hydrogen-bond donors (Lipinski definition) is 0. The molecule has 3 atom stereocenters. The normalized spacial score (nSPS) is 31.9. The topological polar surface area (TPSA) is 59.3 Å². The molecule has 0 bridgehead atoms. The Morgan fingerprint density at radius 3 is 2.44 bits per heavy atom. The first kappa shape index (κ1) is 26.4. The SMILES string of the molecule is FC(F)(F)Oc1cccnc1N1CC2(CC(c3nnc4n3-c3ccc(Cl)cc3CN(C35CC6(C(F)(F)F)CC36C5)C4)C2)C1. The standard InChI is InChI=1S/C29H25ClF6N6O/c30-18-3-4-19-16(6-18)9-41(27-12-25(27)11-26(25,13-27)28(31,32)33)10-21-38-39-22(42(19)21)17-7-24(8-17)14-40(15-24)23-20(2-1-5-37-23)43-29(34,35)36/h1-6,17H,7-15H2. The molecule has 0 amide bonds. The molecule has 4 aliphatic carbocycles. The van der Waals surface area contributed by atoms with Gasteiger partial charge in [0.2, 0.25) is 0 Å². The summed E-state index contributed by atoms with van der Waals surface area (Å²) in [5.74, 6) is 1.45. The van der Waals surface area contributed by atoms with Gasteiger partial charge in [0.15, 0.2) is 17.4 Å². The highest BCUT2D eigenvalue weighted by atomic mass is 35.5. The molecule has 6 aliphatic rings. The van der Waals surface area contributed by atoms with Gasteiger partial charge in [-0.25, -0.2) is 4.98 Å². The highest BCUT2D eigenvalue weighted by molar-refractivity contribution is 6.30. The number of alkyl halides is 6. The average molecular weight is 623 g/mol. The van der Waals surface area contributed by atoms with Gasteiger partial charge < -0.3 is 9.64 Å². The first-order chi connectivity index (χ1) is 20.3. The Morgan fingerprint density at radius 1 is 0.953 bits per heavy atom. The van der Waals surface area contributed by atoms with Crippen molar-refractivity contribution >= 4 is 17.4 Å². The van der Waals surface area contributed by atoms with E-state index in [-0.39, 0.29) is 35.7 Å². The lowest BCUT2D eigenvalue weighted by atomic mass is 9.57. The van der Waals surface area contributed by atoms with Crippen molar-refractivity contribution in [1.29, 1.82) is 0 Å². The molecule has 5 fully saturated rings. The zero-order valence-corrected chi connectivity index (χ0v) is 23.4. The number of rotatable bonds is 4. The Kier molecular flexibility index (Phi) is 4.76. The van der Waals surface area contributed by atoms with Crippen LogP contribution >= 0.6 is 11.6 Å². The first-order valence-electron chi connectivity index (χ1n) is 14.3. The van der Waals surface area contributed by atoms with Crippen molar-refractivity contribution in [2.24, 2.45) is 16.2 Å². The van der Waals surface area contributed by atoms with Gasteiger partial charge in [-0.3, -0.25) is 9.47 Å². The van der Waals surface area contributed by atoms with Crippen molar-refractivity contribution in [3.8, 4) is 11.4 Å². The van der Waals surface area contributed by atoms with Gasteiger partial charge in [0, 0.05) is 53.1 Å². The van der Waals surface area contributed by atoms with Crippen molar-refractivity contribution in [1.82, 2.24) is 24.6 Å². The summed E-state index contributed by atoms with van der Waals surface area (Å²) in [5.41, 5.74) is -0.881. The van der Waals surface area contributed by atoms with E-state index in [0.717, 1.165) is 29.9 Å². The molecule has 9 rings (SSSR count). The Morgan fingerprint density at radius 2 is 1.74 bits per heavy atom. The van der Waals surface area contributed by atoms with Crippen molar-refractivity contribution in [3.63, 3.8) is 0 Å². The maximum Gasteiger partial charge on any atom is 0.573 e. The van der Waals surface area contributed by atoms with Gasteiger partial charge in [-0.2, -0.15) is 13.2 Å². The minimum absolute atomic E-state index is 0.0676. The van der Waals surface area contributed by atoms with Gasteiger partial charge in [-0.1, -0.05) is 11.6 Å². The third-order valence-electron chi connectivity index (χ3n) is 11.3. The van der Waals surface area contributed by atoms with Gasteiger partial charge in [-0.15, -0.1) is 23.4 Å².